The van der Waals surface area contributed by atoms with Gasteiger partial charge in [-0.2, -0.15) is 0 Å². The molecule has 2 rings (SSSR count). The topological polar surface area (TPSA) is 138 Å². The Labute approximate surface area is 178 Å². The summed E-state index contributed by atoms with van der Waals surface area (Å²) in [5, 5.41) is 0. The molecule has 12 heteroatoms. The first-order chi connectivity index (χ1) is 13.8. The Morgan fingerprint density at radius 1 is 0.700 bits per heavy atom. The van der Waals surface area contributed by atoms with E-state index < -0.39 is 31.9 Å². The first-order valence-electron chi connectivity index (χ1n) is 8.82. The van der Waals surface area contributed by atoms with Crippen LogP contribution >= 0.6 is 0 Å². The van der Waals surface area contributed by atoms with E-state index >= 15 is 0 Å². The highest BCUT2D eigenvalue weighted by Gasteiger charge is 2.20. The summed E-state index contributed by atoms with van der Waals surface area (Å²) in [5.74, 6) is 0.584. The van der Waals surface area contributed by atoms with Crippen LogP contribution in [0.15, 0.2) is 24.8 Å². The average Bonchev–Trinajstić information content (AvgIpc) is 2.65. The van der Waals surface area contributed by atoms with Gasteiger partial charge in [0.25, 0.3) is 0 Å². The van der Waals surface area contributed by atoms with Crippen molar-refractivity contribution in [2.45, 2.75) is 26.1 Å². The van der Waals surface area contributed by atoms with Crippen molar-refractivity contribution in [2.75, 3.05) is 38.2 Å². The summed E-state index contributed by atoms with van der Waals surface area (Å²) in [5.41, 5.74) is 1.85. The van der Waals surface area contributed by atoms with Crippen LogP contribution in [-0.4, -0.2) is 75.0 Å². The zero-order chi connectivity index (χ0) is 22.9. The van der Waals surface area contributed by atoms with Crippen molar-refractivity contribution in [3.63, 3.8) is 0 Å². The highest BCUT2D eigenvalue weighted by Crippen LogP contribution is 2.14. The minimum atomic E-state index is -3.10. The number of sulfone groups is 2. The van der Waals surface area contributed by atoms with E-state index in [1.54, 1.807) is 24.8 Å². The van der Waals surface area contributed by atoms with Gasteiger partial charge in [-0.1, -0.05) is 0 Å². The van der Waals surface area contributed by atoms with Gasteiger partial charge in [-0.15, -0.1) is 0 Å². The standard InChI is InChI=1S/2C9H14N2O3S/c2*1-7-4-10-9(11-5-7)8(14-2)6-15(3,12)13/h2*4-5,8H,6H2,1-3H3/t2*8-/m10/s1. The molecule has 0 aliphatic heterocycles. The monoisotopic (exact) mass is 460 g/mol. The smallest absolute Gasteiger partial charge is 0.158 e. The number of rotatable bonds is 8. The molecule has 0 saturated heterocycles. The molecule has 0 aliphatic carbocycles. The highest BCUT2D eigenvalue weighted by atomic mass is 32.2. The molecule has 0 aromatic carbocycles. The third-order valence-electron chi connectivity index (χ3n) is 3.66. The minimum Gasteiger partial charge on any atom is -0.372 e. The van der Waals surface area contributed by atoms with Crippen LogP contribution in [0, 0.1) is 13.8 Å². The first kappa shape index (κ1) is 26.0. The normalized spacial score (nSPS) is 13.8. The van der Waals surface area contributed by atoms with Crippen LogP contribution in [0.4, 0.5) is 0 Å². The van der Waals surface area contributed by atoms with Gasteiger partial charge in [0, 0.05) is 51.5 Å². The van der Waals surface area contributed by atoms with Crippen molar-refractivity contribution in [1.82, 2.24) is 19.9 Å². The molecule has 0 fully saturated rings. The number of nitrogens with zero attached hydrogens (tertiary/aromatic N) is 4. The van der Waals surface area contributed by atoms with Gasteiger partial charge in [-0.05, 0) is 25.0 Å². The van der Waals surface area contributed by atoms with Gasteiger partial charge in [-0.3, -0.25) is 0 Å². The molecule has 2 aromatic rings. The van der Waals surface area contributed by atoms with E-state index in [0.717, 1.165) is 23.6 Å². The van der Waals surface area contributed by atoms with Crippen LogP contribution in [-0.2, 0) is 29.1 Å². The lowest BCUT2D eigenvalue weighted by atomic mass is 10.3. The third kappa shape index (κ3) is 10.1. The summed E-state index contributed by atoms with van der Waals surface area (Å²) in [7, 11) is -3.31. The summed E-state index contributed by atoms with van der Waals surface area (Å²) in [6.45, 7) is 3.73. The number of hydrogen-bond donors (Lipinski definition) is 0. The van der Waals surface area contributed by atoms with Gasteiger partial charge >= 0.3 is 0 Å². The summed E-state index contributed by atoms with van der Waals surface area (Å²) in [6, 6.07) is 0. The van der Waals surface area contributed by atoms with E-state index in [1.165, 1.54) is 14.2 Å². The van der Waals surface area contributed by atoms with E-state index in [2.05, 4.69) is 19.9 Å². The molecule has 0 bridgehead atoms. The second-order valence-electron chi connectivity index (χ2n) is 6.87. The fraction of sp³-hybridized carbons (Fsp3) is 0.556. The molecule has 2 atom stereocenters. The molecule has 168 valence electrons. The number of hydrogen-bond acceptors (Lipinski definition) is 10. The summed E-state index contributed by atoms with van der Waals surface area (Å²) >= 11 is 0. The van der Waals surface area contributed by atoms with Gasteiger partial charge in [-0.25, -0.2) is 36.8 Å². The molecule has 2 aromatic heterocycles. The van der Waals surface area contributed by atoms with Crippen LogP contribution in [0.1, 0.15) is 35.0 Å². The predicted octanol–water partition coefficient (Wildman–Crippen LogP) is 1.03. The average molecular weight is 461 g/mol. The van der Waals surface area contributed by atoms with Crippen molar-refractivity contribution >= 4 is 19.7 Å². The van der Waals surface area contributed by atoms with Crippen molar-refractivity contribution in [3.8, 4) is 0 Å². The maximum Gasteiger partial charge on any atom is 0.158 e. The second-order valence-corrected chi connectivity index (χ2v) is 11.2. The Hall–Kier alpha value is -2.02. The van der Waals surface area contributed by atoms with Gasteiger partial charge < -0.3 is 9.47 Å². The van der Waals surface area contributed by atoms with Gasteiger partial charge in [0.1, 0.15) is 31.9 Å². The molecule has 30 heavy (non-hydrogen) atoms. The highest BCUT2D eigenvalue weighted by molar-refractivity contribution is 7.90. The largest absolute Gasteiger partial charge is 0.372 e. The lowest BCUT2D eigenvalue weighted by Crippen LogP contribution is -2.17. The lowest BCUT2D eigenvalue weighted by Gasteiger charge is -2.12. The Balaban J connectivity index is 0.000000300. The summed E-state index contributed by atoms with van der Waals surface area (Å²) in [6.07, 6.45) is 7.67. The number of aryl methyl sites for hydroxylation is 2. The number of ether oxygens (including phenoxy) is 2. The molecule has 0 unspecified atom stereocenters. The molecule has 0 spiro atoms. The van der Waals surface area contributed by atoms with Crippen LogP contribution in [0.5, 0.6) is 0 Å². The molecule has 0 amide bonds. The fourth-order valence-corrected chi connectivity index (χ4v) is 3.85. The van der Waals surface area contributed by atoms with Crippen LogP contribution < -0.4 is 0 Å². The SMILES string of the molecule is CO[C@@H](CS(C)(=O)=O)c1ncc(C)cn1.CO[C@H](CS(C)(=O)=O)c1ncc(C)cn1. The van der Waals surface area contributed by atoms with E-state index in [4.69, 9.17) is 9.47 Å². The number of aromatic nitrogens is 4. The Morgan fingerprint density at radius 3 is 1.17 bits per heavy atom. The quantitative estimate of drug-likeness (QED) is 0.561. The molecule has 0 saturated carbocycles. The molecule has 0 radical (unpaired) electrons. The zero-order valence-corrected chi connectivity index (χ0v) is 19.6. The zero-order valence-electron chi connectivity index (χ0n) is 17.9. The van der Waals surface area contributed by atoms with Gasteiger partial charge in [0.15, 0.2) is 11.6 Å². The summed E-state index contributed by atoms with van der Waals surface area (Å²) in [4.78, 5) is 16.1. The maximum absolute atomic E-state index is 11.1. The fourth-order valence-electron chi connectivity index (χ4n) is 2.18. The molecule has 0 N–H and O–H groups in total. The maximum atomic E-state index is 11.1. The van der Waals surface area contributed by atoms with E-state index in [9.17, 15) is 16.8 Å². The van der Waals surface area contributed by atoms with E-state index in [0.29, 0.717) is 11.6 Å². The molecule has 2 heterocycles. The van der Waals surface area contributed by atoms with E-state index in [1.807, 2.05) is 13.8 Å². The van der Waals surface area contributed by atoms with Gasteiger partial charge in [0.2, 0.25) is 0 Å². The lowest BCUT2D eigenvalue weighted by molar-refractivity contribution is 0.114. The van der Waals surface area contributed by atoms with Crippen molar-refractivity contribution in [3.05, 3.63) is 47.6 Å². The Morgan fingerprint density at radius 2 is 0.967 bits per heavy atom. The minimum absolute atomic E-state index is 0.105. The molecular weight excluding hydrogens is 432 g/mol. The van der Waals surface area contributed by atoms with Crippen molar-refractivity contribution in [2.24, 2.45) is 0 Å². The molecule has 0 aliphatic rings. The predicted molar refractivity (Wildman–Crippen MR) is 112 cm³/mol. The van der Waals surface area contributed by atoms with Crippen LogP contribution in [0.2, 0.25) is 0 Å². The van der Waals surface area contributed by atoms with E-state index in [-0.39, 0.29) is 11.5 Å². The van der Waals surface area contributed by atoms with Gasteiger partial charge in [0.05, 0.1) is 11.5 Å². The second kappa shape index (κ2) is 11.4. The Bertz CT molecular complexity index is 910. The van der Waals surface area contributed by atoms with Crippen molar-refractivity contribution < 1.29 is 26.3 Å². The van der Waals surface area contributed by atoms with Crippen LogP contribution in [0.25, 0.3) is 0 Å². The van der Waals surface area contributed by atoms with Crippen molar-refractivity contribution in [1.29, 1.82) is 0 Å². The third-order valence-corrected chi connectivity index (χ3v) is 5.47. The summed E-state index contributed by atoms with van der Waals surface area (Å²) < 4.78 is 54.5. The molecule has 10 nitrogen and oxygen atoms in total. The first-order valence-corrected chi connectivity index (χ1v) is 12.9. The number of methoxy groups -OCH3 is 2. The van der Waals surface area contributed by atoms with Crippen LogP contribution in [0.3, 0.4) is 0 Å². The Kier molecular flexibility index (Phi) is 9.88. The molecular formula is C18H28N4O6S2.